The van der Waals surface area contributed by atoms with Crippen molar-refractivity contribution in [2.24, 2.45) is 17.8 Å². The van der Waals surface area contributed by atoms with Crippen molar-refractivity contribution in [1.29, 1.82) is 0 Å². The van der Waals surface area contributed by atoms with Crippen molar-refractivity contribution in [3.05, 3.63) is 30.3 Å². The Labute approximate surface area is 164 Å². The van der Waals surface area contributed by atoms with Gasteiger partial charge in [-0.3, -0.25) is 4.79 Å². The molecule has 0 N–H and O–H groups in total. The third-order valence-corrected chi connectivity index (χ3v) is 8.46. The second-order valence-electron chi connectivity index (χ2n) is 8.78. The Kier molecular flexibility index (Phi) is 3.97. The first-order chi connectivity index (χ1) is 12.9. The van der Waals surface area contributed by atoms with Gasteiger partial charge in [-0.25, -0.2) is 9.78 Å². The number of ether oxygens (including phenoxy) is 2. The summed E-state index contributed by atoms with van der Waals surface area (Å²) < 4.78 is 11.4. The van der Waals surface area contributed by atoms with Crippen LogP contribution >= 0.6 is 11.8 Å². The Morgan fingerprint density at radius 3 is 2.63 bits per heavy atom. The molecule has 3 unspecified atom stereocenters. The zero-order valence-electron chi connectivity index (χ0n) is 16.0. The van der Waals surface area contributed by atoms with Gasteiger partial charge < -0.3 is 9.47 Å². The van der Waals surface area contributed by atoms with Crippen molar-refractivity contribution in [2.45, 2.75) is 73.8 Å². The average molecular weight is 391 g/mol. The summed E-state index contributed by atoms with van der Waals surface area (Å²) in [6, 6.07) is 10.0. The van der Waals surface area contributed by atoms with Crippen LogP contribution < -0.4 is 0 Å². The maximum absolute atomic E-state index is 13.2. The van der Waals surface area contributed by atoms with Crippen molar-refractivity contribution in [2.75, 3.05) is 0 Å². The highest BCUT2D eigenvalue weighted by Gasteiger charge is 2.73. The SMILES string of the molecule is C[C@@H]1CC[C@@H]2C34OOC(C)(CC[C@@H]13)OC4OC(=O)[C@]2(C)Sc1ccccc1. The molecule has 1 aliphatic carbocycles. The number of thioether (sulfide) groups is 1. The number of hydrogen-bond acceptors (Lipinski definition) is 6. The van der Waals surface area contributed by atoms with E-state index in [4.69, 9.17) is 19.2 Å². The fraction of sp³-hybridized carbons (Fsp3) is 0.667. The lowest BCUT2D eigenvalue weighted by Crippen LogP contribution is -2.73. The van der Waals surface area contributed by atoms with Gasteiger partial charge in [-0.05, 0) is 51.2 Å². The fourth-order valence-electron chi connectivity index (χ4n) is 5.61. The summed E-state index contributed by atoms with van der Waals surface area (Å²) in [4.78, 5) is 26.3. The minimum absolute atomic E-state index is 0.0368. The Bertz CT molecular complexity index is 756. The van der Waals surface area contributed by atoms with Gasteiger partial charge in [0.15, 0.2) is 5.60 Å². The lowest BCUT2D eigenvalue weighted by atomic mass is 9.58. The third kappa shape index (κ3) is 2.46. The highest BCUT2D eigenvalue weighted by molar-refractivity contribution is 8.01. The van der Waals surface area contributed by atoms with Crippen molar-refractivity contribution in [3.8, 4) is 0 Å². The monoisotopic (exact) mass is 390 g/mol. The van der Waals surface area contributed by atoms with Crippen LogP contribution in [0.1, 0.15) is 46.5 Å². The van der Waals surface area contributed by atoms with Crippen molar-refractivity contribution in [1.82, 2.24) is 0 Å². The van der Waals surface area contributed by atoms with E-state index in [9.17, 15) is 4.79 Å². The van der Waals surface area contributed by atoms with Crippen LogP contribution in [0.4, 0.5) is 0 Å². The predicted octanol–water partition coefficient (Wildman–Crippen LogP) is 4.31. The molecule has 1 aromatic carbocycles. The molecule has 4 heterocycles. The third-order valence-electron chi connectivity index (χ3n) is 7.08. The first-order valence-electron chi connectivity index (χ1n) is 9.87. The molecule has 6 heteroatoms. The van der Waals surface area contributed by atoms with Gasteiger partial charge in [-0.2, -0.15) is 0 Å². The highest BCUT2D eigenvalue weighted by Crippen LogP contribution is 2.63. The topological polar surface area (TPSA) is 54.0 Å². The Morgan fingerprint density at radius 2 is 1.85 bits per heavy atom. The van der Waals surface area contributed by atoms with Gasteiger partial charge >= 0.3 is 5.97 Å². The maximum Gasteiger partial charge on any atom is 0.325 e. The van der Waals surface area contributed by atoms with Gasteiger partial charge in [-0.1, -0.05) is 25.1 Å². The molecular formula is C21H26O5S. The normalized spacial score (nSPS) is 48.5. The van der Waals surface area contributed by atoms with E-state index < -0.39 is 22.4 Å². The minimum atomic E-state index is -0.849. The van der Waals surface area contributed by atoms with Crippen LogP contribution in [0.25, 0.3) is 0 Å². The number of carbonyl (C=O) groups excluding carboxylic acids is 1. The van der Waals surface area contributed by atoms with Crippen molar-refractivity contribution >= 4 is 17.7 Å². The van der Waals surface area contributed by atoms with Crippen LogP contribution in [0.2, 0.25) is 0 Å². The Hall–Kier alpha value is -1.08. The van der Waals surface area contributed by atoms with Crippen LogP contribution in [-0.4, -0.2) is 28.4 Å². The summed E-state index contributed by atoms with van der Waals surface area (Å²) in [5, 5.41) is 0. The zero-order valence-corrected chi connectivity index (χ0v) is 16.8. The minimum Gasteiger partial charge on any atom is -0.431 e. The van der Waals surface area contributed by atoms with Crippen LogP contribution in [0, 0.1) is 17.8 Å². The molecule has 4 aliphatic heterocycles. The number of benzene rings is 1. The first-order valence-corrected chi connectivity index (χ1v) is 10.7. The largest absolute Gasteiger partial charge is 0.431 e. The molecule has 5 aliphatic rings. The molecule has 1 aromatic rings. The summed E-state index contributed by atoms with van der Waals surface area (Å²) in [5.41, 5.74) is -0.738. The van der Waals surface area contributed by atoms with Gasteiger partial charge in [0, 0.05) is 23.2 Å². The number of hydrogen-bond donors (Lipinski definition) is 0. The number of esters is 1. The second-order valence-corrected chi connectivity index (χ2v) is 10.3. The van der Waals surface area contributed by atoms with E-state index in [0.29, 0.717) is 5.92 Å². The molecule has 146 valence electrons. The first kappa shape index (κ1) is 18.0. The lowest BCUT2D eigenvalue weighted by Gasteiger charge is -2.60. The van der Waals surface area contributed by atoms with Gasteiger partial charge in [0.25, 0.3) is 0 Å². The molecule has 2 bridgehead atoms. The molecule has 0 radical (unpaired) electrons. The molecule has 5 nitrogen and oxygen atoms in total. The quantitative estimate of drug-likeness (QED) is 0.554. The van der Waals surface area contributed by atoms with E-state index in [1.54, 1.807) is 11.8 Å². The molecular weight excluding hydrogens is 364 g/mol. The number of fused-ring (bicyclic) bond motifs is 2. The van der Waals surface area contributed by atoms with Crippen LogP contribution in [0.5, 0.6) is 0 Å². The smallest absolute Gasteiger partial charge is 0.325 e. The van der Waals surface area contributed by atoms with Crippen molar-refractivity contribution in [3.63, 3.8) is 0 Å². The molecule has 0 aromatic heterocycles. The van der Waals surface area contributed by atoms with E-state index in [1.165, 1.54) is 0 Å². The maximum atomic E-state index is 13.2. The van der Waals surface area contributed by atoms with Gasteiger partial charge in [-0.15, -0.1) is 11.8 Å². The van der Waals surface area contributed by atoms with Crippen LogP contribution in [0.3, 0.4) is 0 Å². The van der Waals surface area contributed by atoms with E-state index in [0.717, 1.165) is 30.6 Å². The number of rotatable bonds is 2. The molecule has 6 rings (SSSR count). The summed E-state index contributed by atoms with van der Waals surface area (Å²) >= 11 is 1.57. The van der Waals surface area contributed by atoms with E-state index >= 15 is 0 Å². The van der Waals surface area contributed by atoms with Crippen molar-refractivity contribution < 1.29 is 24.0 Å². The Morgan fingerprint density at radius 1 is 1.07 bits per heavy atom. The van der Waals surface area contributed by atoms with E-state index in [1.807, 2.05) is 44.2 Å². The van der Waals surface area contributed by atoms with Gasteiger partial charge in [0.2, 0.25) is 12.1 Å². The molecule has 7 atom stereocenters. The zero-order chi connectivity index (χ0) is 18.9. The molecule has 5 fully saturated rings. The summed E-state index contributed by atoms with van der Waals surface area (Å²) in [6.45, 7) is 6.14. The average Bonchev–Trinajstić information content (AvgIpc) is 2.87. The van der Waals surface area contributed by atoms with Crippen LogP contribution in [0.15, 0.2) is 35.2 Å². The van der Waals surface area contributed by atoms with E-state index in [-0.39, 0.29) is 17.8 Å². The van der Waals surface area contributed by atoms with Gasteiger partial charge in [0.05, 0.1) is 0 Å². The molecule has 4 saturated heterocycles. The van der Waals surface area contributed by atoms with Gasteiger partial charge in [0.1, 0.15) is 4.75 Å². The molecule has 1 saturated carbocycles. The standard InChI is InChI=1S/C21H26O5S/c1-13-9-10-16-20(3,27-14-7-5-4-6-8-14)17(22)23-18-21(16)15(13)11-12-19(2,24-18)25-26-21/h4-8,13,15-16,18H,9-12H2,1-3H3/t13-,15+,16+,18?,19?,20-,21?/m1/s1. The second kappa shape index (κ2) is 5.96. The summed E-state index contributed by atoms with van der Waals surface area (Å²) in [5.74, 6) is -0.387. The summed E-state index contributed by atoms with van der Waals surface area (Å²) in [6.07, 6.45) is 2.96. The highest BCUT2D eigenvalue weighted by atomic mass is 32.2. The number of carbonyl (C=O) groups is 1. The lowest BCUT2D eigenvalue weighted by molar-refractivity contribution is -0.558. The van der Waals surface area contributed by atoms with E-state index in [2.05, 4.69) is 6.92 Å². The molecule has 27 heavy (non-hydrogen) atoms. The predicted molar refractivity (Wildman–Crippen MR) is 99.6 cm³/mol. The summed E-state index contributed by atoms with van der Waals surface area (Å²) in [7, 11) is 0. The Balaban J connectivity index is 1.60. The fourth-order valence-corrected chi connectivity index (χ4v) is 6.97. The van der Waals surface area contributed by atoms with Crippen LogP contribution in [-0.2, 0) is 24.0 Å². The molecule has 1 spiro atoms. The molecule has 0 amide bonds.